The minimum absolute atomic E-state index is 0.0415. The fourth-order valence-electron chi connectivity index (χ4n) is 3.60. The minimum Gasteiger partial charge on any atom is -0.352 e. The molecule has 3 amide bonds. The average Bonchev–Trinajstić information content (AvgIpc) is 2.76. The van der Waals surface area contributed by atoms with Gasteiger partial charge in [-0.15, -0.1) is 0 Å². The number of nitro groups is 1. The average molecular weight is 529 g/mol. The van der Waals surface area contributed by atoms with E-state index in [4.69, 9.17) is 0 Å². The van der Waals surface area contributed by atoms with Gasteiger partial charge in [-0.25, -0.2) is 0 Å². The molecule has 31 heavy (non-hydrogen) atoms. The van der Waals surface area contributed by atoms with Crippen molar-refractivity contribution in [3.8, 4) is 0 Å². The van der Waals surface area contributed by atoms with E-state index in [1.165, 1.54) is 24.3 Å². The molecule has 0 aliphatic carbocycles. The monoisotopic (exact) mass is 529 g/mol. The van der Waals surface area contributed by atoms with Gasteiger partial charge >= 0.3 is 0 Å². The van der Waals surface area contributed by atoms with Crippen LogP contribution in [0, 0.1) is 13.7 Å². The van der Waals surface area contributed by atoms with Crippen LogP contribution in [0.4, 0.5) is 5.69 Å². The maximum atomic E-state index is 12.9. The lowest BCUT2D eigenvalue weighted by Gasteiger charge is -2.26. The summed E-state index contributed by atoms with van der Waals surface area (Å²) in [7, 11) is 0. The first-order valence-electron chi connectivity index (χ1n) is 9.44. The molecule has 0 radical (unpaired) electrons. The van der Waals surface area contributed by atoms with Crippen LogP contribution in [0.2, 0.25) is 0 Å². The van der Waals surface area contributed by atoms with Crippen LogP contribution in [0.5, 0.6) is 0 Å². The number of hydrogen-bond donors (Lipinski definition) is 1. The third-order valence-electron chi connectivity index (χ3n) is 5.13. The predicted octanol–water partition coefficient (Wildman–Crippen LogP) is 3.66. The van der Waals surface area contributed by atoms with E-state index in [2.05, 4.69) is 27.9 Å². The molecule has 1 aliphatic rings. The summed E-state index contributed by atoms with van der Waals surface area (Å²) in [6.07, 6.45) is -0.0415. The molecule has 1 aliphatic heterocycles. The summed E-state index contributed by atoms with van der Waals surface area (Å²) in [4.78, 5) is 49.9. The highest BCUT2D eigenvalue weighted by Gasteiger charge is 2.34. The molecule has 1 heterocycles. The van der Waals surface area contributed by atoms with Gasteiger partial charge < -0.3 is 5.32 Å². The Labute approximate surface area is 190 Å². The van der Waals surface area contributed by atoms with Crippen molar-refractivity contribution in [1.29, 1.82) is 0 Å². The molecular formula is C22H16IN3O5. The van der Waals surface area contributed by atoms with E-state index >= 15 is 0 Å². The summed E-state index contributed by atoms with van der Waals surface area (Å²) in [5.74, 6) is -1.41. The summed E-state index contributed by atoms with van der Waals surface area (Å²) in [6.45, 7) is 0.270. The third-order valence-corrected chi connectivity index (χ3v) is 5.85. The van der Waals surface area contributed by atoms with E-state index in [0.717, 1.165) is 14.0 Å². The lowest BCUT2D eigenvalue weighted by molar-refractivity contribution is -0.383. The number of non-ortho nitro benzene ring substituents is 1. The highest BCUT2D eigenvalue weighted by molar-refractivity contribution is 14.1. The highest BCUT2D eigenvalue weighted by atomic mass is 127. The largest absolute Gasteiger partial charge is 0.352 e. The number of nitro benzene ring substituents is 1. The van der Waals surface area contributed by atoms with Gasteiger partial charge in [-0.3, -0.25) is 29.4 Å². The first-order valence-corrected chi connectivity index (χ1v) is 10.5. The molecule has 9 heteroatoms. The van der Waals surface area contributed by atoms with Crippen LogP contribution in [0.25, 0.3) is 10.8 Å². The van der Waals surface area contributed by atoms with E-state index < -0.39 is 16.7 Å². The Bertz CT molecular complexity index is 1220. The molecule has 0 spiro atoms. The Morgan fingerprint density at radius 1 is 1.00 bits per heavy atom. The molecule has 4 rings (SSSR count). The molecule has 0 fully saturated rings. The molecule has 8 nitrogen and oxygen atoms in total. The molecule has 0 saturated carbocycles. The number of carbonyl (C=O) groups is 3. The summed E-state index contributed by atoms with van der Waals surface area (Å²) in [5.41, 5.74) is 1.22. The van der Waals surface area contributed by atoms with Gasteiger partial charge in [0.1, 0.15) is 0 Å². The number of nitrogens with one attached hydrogen (secondary N) is 1. The molecule has 3 aromatic rings. The highest BCUT2D eigenvalue weighted by Crippen LogP contribution is 2.35. The maximum Gasteiger partial charge on any atom is 0.277 e. The van der Waals surface area contributed by atoms with E-state index in [1.54, 1.807) is 6.07 Å². The molecule has 1 N–H and O–H groups in total. The van der Waals surface area contributed by atoms with E-state index in [1.807, 2.05) is 24.3 Å². The predicted molar refractivity (Wildman–Crippen MR) is 122 cm³/mol. The van der Waals surface area contributed by atoms with E-state index in [0.29, 0.717) is 6.54 Å². The van der Waals surface area contributed by atoms with Crippen LogP contribution in [-0.2, 0) is 11.3 Å². The van der Waals surface area contributed by atoms with Crippen molar-refractivity contribution in [3.63, 3.8) is 0 Å². The second-order valence-electron chi connectivity index (χ2n) is 7.03. The van der Waals surface area contributed by atoms with Crippen molar-refractivity contribution in [2.45, 2.75) is 13.0 Å². The van der Waals surface area contributed by atoms with Gasteiger partial charge in [0.05, 0.1) is 10.3 Å². The number of rotatable bonds is 6. The van der Waals surface area contributed by atoms with Crippen molar-refractivity contribution >= 4 is 56.8 Å². The van der Waals surface area contributed by atoms with Crippen molar-refractivity contribution in [3.05, 3.63) is 85.0 Å². The van der Waals surface area contributed by atoms with Crippen LogP contribution in [0.1, 0.15) is 32.7 Å². The molecule has 0 saturated heterocycles. The van der Waals surface area contributed by atoms with Gasteiger partial charge in [0, 0.05) is 45.7 Å². The molecule has 0 unspecified atom stereocenters. The van der Waals surface area contributed by atoms with Crippen molar-refractivity contribution in [1.82, 2.24) is 10.2 Å². The first-order chi connectivity index (χ1) is 14.9. The smallest absolute Gasteiger partial charge is 0.277 e. The van der Waals surface area contributed by atoms with Crippen molar-refractivity contribution < 1.29 is 19.3 Å². The number of nitrogens with zero attached hydrogens (tertiary/aromatic N) is 2. The zero-order chi connectivity index (χ0) is 22.1. The lowest BCUT2D eigenvalue weighted by Crippen LogP contribution is -2.42. The fraction of sp³-hybridized carbons (Fsp3) is 0.136. The molecular weight excluding hydrogens is 513 g/mol. The third kappa shape index (κ3) is 4.00. The van der Waals surface area contributed by atoms with Gasteiger partial charge in [0.25, 0.3) is 17.5 Å². The zero-order valence-corrected chi connectivity index (χ0v) is 18.3. The van der Waals surface area contributed by atoms with Crippen LogP contribution in [0.15, 0.2) is 54.6 Å². The molecule has 156 valence electrons. The van der Waals surface area contributed by atoms with E-state index in [9.17, 15) is 24.5 Å². The quantitative estimate of drug-likeness (QED) is 0.227. The Morgan fingerprint density at radius 2 is 1.68 bits per heavy atom. The number of carbonyl (C=O) groups excluding carboxylic acids is 3. The summed E-state index contributed by atoms with van der Waals surface area (Å²) < 4.78 is 1.09. The van der Waals surface area contributed by atoms with Gasteiger partial charge in [0.15, 0.2) is 0 Å². The van der Waals surface area contributed by atoms with Crippen LogP contribution >= 0.6 is 22.6 Å². The molecule has 0 bridgehead atoms. The molecule has 3 aromatic carbocycles. The van der Waals surface area contributed by atoms with Crippen LogP contribution < -0.4 is 5.32 Å². The maximum absolute atomic E-state index is 12.9. The first kappa shape index (κ1) is 20.9. The standard InChI is InChI=1S/C22H16IN3O5/c23-14-6-4-13(5-7-14)12-24-19(27)10-11-25-21(28)16-3-1-2-15-18(26(30)31)9-8-17(20(15)16)22(25)29/h1-9H,10-12H2,(H,24,27). The lowest BCUT2D eigenvalue weighted by atomic mass is 9.93. The Hall–Kier alpha value is -3.34. The summed E-state index contributed by atoms with van der Waals surface area (Å²) in [6, 6.07) is 14.9. The normalized spacial score (nSPS) is 12.9. The Kier molecular flexibility index (Phi) is 5.68. The van der Waals surface area contributed by atoms with Crippen molar-refractivity contribution in [2.75, 3.05) is 6.54 Å². The zero-order valence-electron chi connectivity index (χ0n) is 16.1. The number of hydrogen-bond acceptors (Lipinski definition) is 5. The SMILES string of the molecule is O=C(CCN1C(=O)c2cccc3c([N+](=O)[O-])ccc(c23)C1=O)NCc1ccc(I)cc1. The van der Waals surface area contributed by atoms with Crippen molar-refractivity contribution in [2.24, 2.45) is 0 Å². The van der Waals surface area contributed by atoms with Crippen LogP contribution in [-0.4, -0.2) is 34.1 Å². The number of benzene rings is 3. The summed E-state index contributed by atoms with van der Waals surface area (Å²) >= 11 is 2.20. The van der Waals surface area contributed by atoms with Gasteiger partial charge in [-0.1, -0.05) is 18.2 Å². The second kappa shape index (κ2) is 8.42. The number of halogens is 1. The van der Waals surface area contributed by atoms with Gasteiger partial charge in [-0.2, -0.15) is 0 Å². The number of imide groups is 1. The Morgan fingerprint density at radius 3 is 2.35 bits per heavy atom. The number of amides is 3. The van der Waals surface area contributed by atoms with Crippen LogP contribution in [0.3, 0.4) is 0 Å². The fourth-order valence-corrected chi connectivity index (χ4v) is 3.96. The topological polar surface area (TPSA) is 110 Å². The van der Waals surface area contributed by atoms with Gasteiger partial charge in [0.2, 0.25) is 5.91 Å². The molecule has 0 atom stereocenters. The Balaban J connectivity index is 1.50. The second-order valence-corrected chi connectivity index (χ2v) is 8.28. The molecule has 0 aromatic heterocycles. The van der Waals surface area contributed by atoms with E-state index in [-0.39, 0.29) is 46.5 Å². The van der Waals surface area contributed by atoms with Gasteiger partial charge in [-0.05, 0) is 58.5 Å². The minimum atomic E-state index is -0.561. The summed E-state index contributed by atoms with van der Waals surface area (Å²) in [5, 5.41) is 14.6.